The maximum Gasteiger partial charge on any atom is 0.434 e. The number of nitrogens with one attached hydrogen (secondary N) is 1. The second-order valence-corrected chi connectivity index (χ2v) is 6.24. The minimum atomic E-state index is -4.40. The number of alkyl halides is 3. The highest BCUT2D eigenvalue weighted by molar-refractivity contribution is 7.09. The number of carbonyl (C=O) groups is 1. The first kappa shape index (κ1) is 16.1. The number of aromatic nitrogens is 1. The monoisotopic (exact) mass is 321 g/mol. The molecule has 1 aliphatic rings. The molecule has 0 saturated heterocycles. The Kier molecular flexibility index (Phi) is 4.75. The van der Waals surface area contributed by atoms with Gasteiger partial charge >= 0.3 is 12.2 Å². The van der Waals surface area contributed by atoms with Crippen molar-refractivity contribution in [1.29, 1.82) is 0 Å². The number of rotatable bonds is 5. The molecule has 1 fully saturated rings. The quantitative estimate of drug-likeness (QED) is 0.905. The van der Waals surface area contributed by atoms with Crippen LogP contribution < -0.4 is 5.32 Å². The van der Waals surface area contributed by atoms with Crippen LogP contribution in [0.3, 0.4) is 0 Å². The number of thiazole rings is 1. The minimum absolute atomic E-state index is 0.193. The number of carbonyl (C=O) groups excluding carboxylic acids is 1. The standard InChI is InChI=1S/C13H18F3N3OS/c1-8(9-3-4-9)19(2)12(20)17-6-5-11-18-10(7-21-11)13(14,15)16/h7-9H,3-6H2,1-2H3,(H,17,20)/t8-/m0/s1. The van der Waals surface area contributed by atoms with Crippen molar-refractivity contribution in [3.63, 3.8) is 0 Å². The van der Waals surface area contributed by atoms with Crippen molar-refractivity contribution in [1.82, 2.24) is 15.2 Å². The van der Waals surface area contributed by atoms with Gasteiger partial charge in [0.05, 0.1) is 5.01 Å². The molecule has 0 unspecified atom stereocenters. The highest BCUT2D eigenvalue weighted by Gasteiger charge is 2.34. The molecular formula is C13H18F3N3OS. The van der Waals surface area contributed by atoms with Crippen LogP contribution in [0.5, 0.6) is 0 Å². The van der Waals surface area contributed by atoms with Crippen molar-refractivity contribution in [3.8, 4) is 0 Å². The molecule has 1 aliphatic carbocycles. The Morgan fingerprint density at radius 3 is 2.76 bits per heavy atom. The fourth-order valence-electron chi connectivity index (χ4n) is 2.04. The van der Waals surface area contributed by atoms with E-state index in [0.717, 1.165) is 29.6 Å². The van der Waals surface area contributed by atoms with E-state index in [9.17, 15) is 18.0 Å². The third kappa shape index (κ3) is 4.33. The zero-order valence-corrected chi connectivity index (χ0v) is 12.7. The molecule has 8 heteroatoms. The van der Waals surface area contributed by atoms with E-state index in [1.54, 1.807) is 11.9 Å². The van der Waals surface area contributed by atoms with Gasteiger partial charge in [-0.1, -0.05) is 0 Å². The Labute approximate surface area is 125 Å². The lowest BCUT2D eigenvalue weighted by molar-refractivity contribution is -0.140. The molecule has 1 saturated carbocycles. The fourth-order valence-corrected chi connectivity index (χ4v) is 2.84. The average molecular weight is 321 g/mol. The second kappa shape index (κ2) is 6.21. The topological polar surface area (TPSA) is 45.2 Å². The summed E-state index contributed by atoms with van der Waals surface area (Å²) < 4.78 is 37.2. The molecule has 0 aliphatic heterocycles. The Morgan fingerprint density at radius 1 is 1.57 bits per heavy atom. The number of hydrogen-bond donors (Lipinski definition) is 1. The summed E-state index contributed by atoms with van der Waals surface area (Å²) in [4.78, 5) is 17.1. The summed E-state index contributed by atoms with van der Waals surface area (Å²) in [5.74, 6) is 0.578. The van der Waals surface area contributed by atoms with Crippen LogP contribution >= 0.6 is 11.3 Å². The van der Waals surface area contributed by atoms with Crippen molar-refractivity contribution in [3.05, 3.63) is 16.1 Å². The molecule has 2 rings (SSSR count). The first-order chi connectivity index (χ1) is 9.79. The van der Waals surface area contributed by atoms with E-state index in [4.69, 9.17) is 0 Å². The van der Waals surface area contributed by atoms with Gasteiger partial charge in [0.1, 0.15) is 0 Å². The molecule has 1 aromatic heterocycles. The minimum Gasteiger partial charge on any atom is -0.338 e. The highest BCUT2D eigenvalue weighted by atomic mass is 32.1. The Hall–Kier alpha value is -1.31. The molecule has 1 atom stereocenters. The summed E-state index contributed by atoms with van der Waals surface area (Å²) in [5.41, 5.74) is -0.867. The van der Waals surface area contributed by atoms with E-state index in [1.807, 2.05) is 6.92 Å². The summed E-state index contributed by atoms with van der Waals surface area (Å²) >= 11 is 0.962. The van der Waals surface area contributed by atoms with Gasteiger partial charge in [-0.25, -0.2) is 9.78 Å². The van der Waals surface area contributed by atoms with Crippen molar-refractivity contribution < 1.29 is 18.0 Å². The van der Waals surface area contributed by atoms with Gasteiger partial charge in [0.25, 0.3) is 0 Å². The highest BCUT2D eigenvalue weighted by Crippen LogP contribution is 2.34. The largest absolute Gasteiger partial charge is 0.434 e. The summed E-state index contributed by atoms with van der Waals surface area (Å²) in [6.07, 6.45) is -1.80. The molecule has 0 spiro atoms. The number of nitrogens with zero attached hydrogens (tertiary/aromatic N) is 2. The predicted molar refractivity (Wildman–Crippen MR) is 74.2 cm³/mol. The Bertz CT molecular complexity index is 499. The smallest absolute Gasteiger partial charge is 0.338 e. The van der Waals surface area contributed by atoms with Gasteiger partial charge in [0.15, 0.2) is 5.69 Å². The Balaban J connectivity index is 1.76. The normalized spacial score (nSPS) is 16.6. The SMILES string of the molecule is C[C@@H](C1CC1)N(C)C(=O)NCCc1nc(C(F)(F)F)cs1. The van der Waals surface area contributed by atoms with E-state index in [1.165, 1.54) is 0 Å². The molecule has 1 aromatic rings. The van der Waals surface area contributed by atoms with Crippen LogP contribution in [-0.2, 0) is 12.6 Å². The molecule has 0 aromatic carbocycles. The summed E-state index contributed by atoms with van der Waals surface area (Å²) in [7, 11) is 1.74. The predicted octanol–water partition coefficient (Wildman–Crippen LogP) is 3.14. The average Bonchev–Trinajstić information content (AvgIpc) is 3.14. The van der Waals surface area contributed by atoms with Crippen LogP contribution in [0, 0.1) is 5.92 Å². The molecular weight excluding hydrogens is 303 g/mol. The third-order valence-electron chi connectivity index (χ3n) is 3.69. The molecule has 21 heavy (non-hydrogen) atoms. The van der Waals surface area contributed by atoms with Crippen LogP contribution in [0.4, 0.5) is 18.0 Å². The van der Waals surface area contributed by atoms with Gasteiger partial charge in [-0.2, -0.15) is 13.2 Å². The molecule has 0 radical (unpaired) electrons. The summed E-state index contributed by atoms with van der Waals surface area (Å²) in [5, 5.41) is 4.09. The van der Waals surface area contributed by atoms with Crippen molar-refractivity contribution in [2.24, 2.45) is 5.92 Å². The van der Waals surface area contributed by atoms with Crippen LogP contribution in [0.25, 0.3) is 0 Å². The summed E-state index contributed by atoms with van der Waals surface area (Å²) in [6, 6.07) is 0.00342. The molecule has 1 heterocycles. The maximum atomic E-state index is 12.4. The lowest BCUT2D eigenvalue weighted by atomic mass is 10.2. The van der Waals surface area contributed by atoms with E-state index < -0.39 is 11.9 Å². The second-order valence-electron chi connectivity index (χ2n) is 5.30. The number of halogens is 3. The van der Waals surface area contributed by atoms with Crippen molar-refractivity contribution in [2.75, 3.05) is 13.6 Å². The lowest BCUT2D eigenvalue weighted by Gasteiger charge is -2.25. The van der Waals surface area contributed by atoms with Crippen LogP contribution in [0.2, 0.25) is 0 Å². The first-order valence-corrected chi connectivity index (χ1v) is 7.69. The Morgan fingerprint density at radius 2 is 2.24 bits per heavy atom. The van der Waals surface area contributed by atoms with E-state index in [0.29, 0.717) is 17.3 Å². The zero-order chi connectivity index (χ0) is 15.6. The number of amides is 2. The maximum absolute atomic E-state index is 12.4. The zero-order valence-electron chi connectivity index (χ0n) is 11.9. The molecule has 2 amide bonds. The summed E-state index contributed by atoms with van der Waals surface area (Å²) in [6.45, 7) is 2.29. The first-order valence-electron chi connectivity index (χ1n) is 6.81. The van der Waals surface area contributed by atoms with Crippen molar-refractivity contribution >= 4 is 17.4 Å². The third-order valence-corrected chi connectivity index (χ3v) is 4.60. The van der Waals surface area contributed by atoms with Gasteiger partial charge in [-0.05, 0) is 25.7 Å². The van der Waals surface area contributed by atoms with Gasteiger partial charge < -0.3 is 10.2 Å². The molecule has 4 nitrogen and oxygen atoms in total. The van der Waals surface area contributed by atoms with E-state index in [-0.39, 0.29) is 18.6 Å². The van der Waals surface area contributed by atoms with Gasteiger partial charge in [-0.3, -0.25) is 0 Å². The van der Waals surface area contributed by atoms with Crippen LogP contribution in [-0.4, -0.2) is 35.5 Å². The molecule has 0 bridgehead atoms. The van der Waals surface area contributed by atoms with E-state index in [2.05, 4.69) is 10.3 Å². The van der Waals surface area contributed by atoms with Gasteiger partial charge in [0.2, 0.25) is 0 Å². The molecule has 118 valence electrons. The van der Waals surface area contributed by atoms with Crippen LogP contribution in [0.15, 0.2) is 5.38 Å². The fraction of sp³-hybridized carbons (Fsp3) is 0.692. The molecule has 1 N–H and O–H groups in total. The van der Waals surface area contributed by atoms with Gasteiger partial charge in [-0.15, -0.1) is 11.3 Å². The van der Waals surface area contributed by atoms with E-state index >= 15 is 0 Å². The number of hydrogen-bond acceptors (Lipinski definition) is 3. The lowest BCUT2D eigenvalue weighted by Crippen LogP contribution is -2.43. The number of urea groups is 1. The van der Waals surface area contributed by atoms with Crippen LogP contribution in [0.1, 0.15) is 30.5 Å². The van der Waals surface area contributed by atoms with Gasteiger partial charge in [0, 0.05) is 31.4 Å². The van der Waals surface area contributed by atoms with Crippen molar-refractivity contribution in [2.45, 2.75) is 38.4 Å².